The third kappa shape index (κ3) is 3.51. The fraction of sp³-hybridized carbons (Fsp3) is 0.320. The van der Waals surface area contributed by atoms with E-state index in [4.69, 9.17) is 15.5 Å². The summed E-state index contributed by atoms with van der Waals surface area (Å²) in [4.78, 5) is 12.2. The normalized spacial score (nSPS) is 16.4. The number of aromatic nitrogens is 2. The van der Waals surface area contributed by atoms with Crippen molar-refractivity contribution >= 4 is 59.1 Å². The second-order valence-corrected chi connectivity index (χ2v) is 9.99. The molecule has 1 saturated heterocycles. The van der Waals surface area contributed by atoms with Gasteiger partial charge >= 0.3 is 0 Å². The van der Waals surface area contributed by atoms with Crippen LogP contribution in [0.3, 0.4) is 0 Å². The highest BCUT2D eigenvalue weighted by Crippen LogP contribution is 2.44. The van der Waals surface area contributed by atoms with Crippen LogP contribution in [-0.4, -0.2) is 23.1 Å². The minimum Gasteiger partial charge on any atom is -0.389 e. The van der Waals surface area contributed by atoms with Crippen molar-refractivity contribution in [3.05, 3.63) is 51.0 Å². The number of nitrogens with two attached hydrogens (primary N) is 1. The molecule has 0 aliphatic carbocycles. The largest absolute Gasteiger partial charge is 0.389 e. The van der Waals surface area contributed by atoms with Crippen molar-refractivity contribution in [3.63, 3.8) is 0 Å². The summed E-state index contributed by atoms with van der Waals surface area (Å²) in [5.41, 5.74) is 11.5. The van der Waals surface area contributed by atoms with Crippen molar-refractivity contribution in [1.29, 1.82) is 5.26 Å². The van der Waals surface area contributed by atoms with Crippen molar-refractivity contribution in [2.24, 2.45) is 0 Å². The predicted octanol–water partition coefficient (Wildman–Crippen LogP) is 5.06. The van der Waals surface area contributed by atoms with Crippen molar-refractivity contribution < 1.29 is 9.13 Å². The summed E-state index contributed by atoms with van der Waals surface area (Å²) in [7, 11) is 2.83. The van der Waals surface area contributed by atoms with Crippen LogP contribution in [-0.2, 0) is 18.0 Å². The number of hydrogen-bond acceptors (Lipinski definition) is 7. The van der Waals surface area contributed by atoms with Gasteiger partial charge in [-0.25, -0.2) is 14.4 Å². The molecule has 1 aromatic carbocycles. The quantitative estimate of drug-likeness (QED) is 0.512. The molecule has 2 aliphatic rings. The molecule has 0 spiro atoms. The number of ether oxygens (including phenoxy) is 1. The Hall–Kier alpha value is -2.85. The lowest BCUT2D eigenvalue weighted by Gasteiger charge is -2.20. The van der Waals surface area contributed by atoms with Gasteiger partial charge in [-0.3, -0.25) is 0 Å². The molecule has 2 aliphatic heterocycles. The number of rotatable bonds is 4. The van der Waals surface area contributed by atoms with Crippen LogP contribution < -0.4 is 15.9 Å². The van der Waals surface area contributed by atoms with Gasteiger partial charge in [-0.15, -0.1) is 20.6 Å². The number of nitrogens with zero attached hydrogens (tertiary/aromatic N) is 4. The Morgan fingerprint density at radius 1 is 1.24 bits per heavy atom. The van der Waals surface area contributed by atoms with E-state index >= 15 is 0 Å². The van der Waals surface area contributed by atoms with Crippen LogP contribution in [0.15, 0.2) is 18.3 Å². The molecule has 1 unspecified atom stereocenters. The minimum absolute atomic E-state index is 0.294. The highest BCUT2D eigenvalue weighted by atomic mass is 32.1. The number of nitrogen functional groups attached to an aromatic ring is 1. The van der Waals surface area contributed by atoms with Crippen LogP contribution in [0.2, 0.25) is 0 Å². The number of halogens is 1. The molecule has 0 amide bonds. The van der Waals surface area contributed by atoms with E-state index in [2.05, 4.69) is 25.2 Å². The van der Waals surface area contributed by atoms with Crippen LogP contribution >= 0.6 is 20.6 Å². The molecule has 3 aromatic rings. The summed E-state index contributed by atoms with van der Waals surface area (Å²) < 4.78 is 20.8. The fourth-order valence-electron chi connectivity index (χ4n) is 4.88. The molecule has 5 rings (SSSR count). The van der Waals surface area contributed by atoms with Gasteiger partial charge in [0.15, 0.2) is 0 Å². The smallest absolute Gasteiger partial charge is 0.225 e. The zero-order valence-corrected chi connectivity index (χ0v) is 21.1. The summed E-state index contributed by atoms with van der Waals surface area (Å²) in [6, 6.07) is 2.20. The van der Waals surface area contributed by atoms with E-state index in [1.165, 1.54) is 6.08 Å². The molecular formula is C25H25FN5OPS. The van der Waals surface area contributed by atoms with Gasteiger partial charge in [0.05, 0.1) is 29.2 Å². The van der Waals surface area contributed by atoms with Crippen LogP contribution in [0.1, 0.15) is 59.4 Å². The Kier molecular flexibility index (Phi) is 6.11. The zero-order chi connectivity index (χ0) is 24.0. The van der Waals surface area contributed by atoms with Crippen molar-refractivity contribution in [2.45, 2.75) is 39.9 Å². The first-order valence-corrected chi connectivity index (χ1v) is 12.6. The van der Waals surface area contributed by atoms with E-state index in [-0.39, 0.29) is 0 Å². The summed E-state index contributed by atoms with van der Waals surface area (Å²) in [6.07, 6.45) is 7.48. The van der Waals surface area contributed by atoms with Crippen LogP contribution in [0.4, 0.5) is 15.3 Å². The molecule has 2 N–H and O–H groups in total. The SMILES string of the molecule is CC=C(c1c(/C(F)=C\C)sc(N)c1C#N)c1c2c(c3cnc(N4CCCC4)nc3c1P)COC2. The number of nitriles is 1. The Bertz CT molecular complexity index is 1420. The summed E-state index contributed by atoms with van der Waals surface area (Å²) in [5.74, 6) is 0.323. The molecule has 4 heterocycles. The number of benzene rings is 1. The monoisotopic (exact) mass is 493 g/mol. The van der Waals surface area contributed by atoms with Gasteiger partial charge in [0.2, 0.25) is 5.95 Å². The van der Waals surface area contributed by atoms with Crippen LogP contribution in [0.25, 0.3) is 22.3 Å². The second kappa shape index (κ2) is 9.07. The number of allylic oxidation sites excluding steroid dienone is 2. The summed E-state index contributed by atoms with van der Waals surface area (Å²) >= 11 is 1.10. The van der Waals surface area contributed by atoms with E-state index in [9.17, 15) is 9.65 Å². The standard InChI is InChI=1S/C25H25FN5OPS/c1-3-13(20-14(9-27)24(28)34-23(20)18(26)4-2)19-17-12-32-11-16(17)15-10-29-25(30-21(15)22(19)33)31-7-5-6-8-31/h3-4,10H,5-8,11-12,28,33H2,1-2H3/b13-3?,18-4+. The molecule has 1 atom stereocenters. The Labute approximate surface area is 204 Å². The van der Waals surface area contributed by atoms with Crippen LogP contribution in [0.5, 0.6) is 0 Å². The zero-order valence-electron chi connectivity index (χ0n) is 19.1. The molecule has 1 fully saturated rings. The Morgan fingerprint density at radius 2 is 1.97 bits per heavy atom. The summed E-state index contributed by atoms with van der Waals surface area (Å²) in [6.45, 7) is 6.31. The van der Waals surface area contributed by atoms with Crippen molar-refractivity contribution in [2.75, 3.05) is 23.7 Å². The maximum Gasteiger partial charge on any atom is 0.225 e. The lowest BCUT2D eigenvalue weighted by Crippen LogP contribution is -2.21. The first-order valence-electron chi connectivity index (χ1n) is 11.2. The van der Waals surface area contributed by atoms with Crippen LogP contribution in [0, 0.1) is 11.3 Å². The van der Waals surface area contributed by atoms with E-state index in [0.717, 1.165) is 81.7 Å². The molecule has 2 aromatic heterocycles. The Balaban J connectivity index is 1.80. The first kappa shape index (κ1) is 22.9. The minimum atomic E-state index is -0.398. The predicted molar refractivity (Wildman–Crippen MR) is 140 cm³/mol. The third-order valence-electron chi connectivity index (χ3n) is 6.52. The molecule has 6 nitrogen and oxygen atoms in total. The number of anilines is 2. The van der Waals surface area contributed by atoms with Crippen molar-refractivity contribution in [1.82, 2.24) is 9.97 Å². The molecule has 0 bridgehead atoms. The van der Waals surface area contributed by atoms with Gasteiger partial charge in [0.25, 0.3) is 0 Å². The van der Waals surface area contributed by atoms with E-state index in [1.54, 1.807) is 6.92 Å². The number of hydrogen-bond donors (Lipinski definition) is 1. The molecule has 174 valence electrons. The van der Waals surface area contributed by atoms with Gasteiger partial charge in [-0.1, -0.05) is 12.2 Å². The van der Waals surface area contributed by atoms with Crippen molar-refractivity contribution in [3.8, 4) is 6.07 Å². The molecule has 0 radical (unpaired) electrons. The topological polar surface area (TPSA) is 88.1 Å². The number of thiophene rings is 1. The van der Waals surface area contributed by atoms with Gasteiger partial charge in [0, 0.05) is 35.5 Å². The molecule has 34 heavy (non-hydrogen) atoms. The molecule has 0 saturated carbocycles. The summed E-state index contributed by atoms with van der Waals surface area (Å²) in [5, 5.41) is 12.1. The van der Waals surface area contributed by atoms with Gasteiger partial charge in [-0.2, -0.15) is 5.26 Å². The maximum absolute atomic E-state index is 14.9. The highest BCUT2D eigenvalue weighted by Gasteiger charge is 2.30. The molecular weight excluding hydrogens is 468 g/mol. The number of fused-ring (bicyclic) bond motifs is 3. The third-order valence-corrected chi connectivity index (χ3v) is 8.11. The van der Waals surface area contributed by atoms with Gasteiger partial charge in [0.1, 0.15) is 16.9 Å². The lowest BCUT2D eigenvalue weighted by molar-refractivity contribution is 0.135. The average molecular weight is 494 g/mol. The maximum atomic E-state index is 14.9. The second-order valence-electron chi connectivity index (χ2n) is 8.36. The van der Waals surface area contributed by atoms with E-state index < -0.39 is 5.83 Å². The Morgan fingerprint density at radius 3 is 2.65 bits per heavy atom. The van der Waals surface area contributed by atoms with E-state index in [0.29, 0.717) is 34.2 Å². The highest BCUT2D eigenvalue weighted by molar-refractivity contribution is 7.28. The average Bonchev–Trinajstić information content (AvgIpc) is 3.61. The lowest BCUT2D eigenvalue weighted by atomic mass is 9.88. The fourth-order valence-corrected chi connectivity index (χ4v) is 6.43. The van der Waals surface area contributed by atoms with Gasteiger partial charge in [-0.05, 0) is 49.0 Å². The first-order chi connectivity index (χ1) is 16.5. The van der Waals surface area contributed by atoms with E-state index in [1.807, 2.05) is 19.2 Å². The van der Waals surface area contributed by atoms with Gasteiger partial charge < -0.3 is 15.4 Å². The molecule has 9 heteroatoms.